The summed E-state index contributed by atoms with van der Waals surface area (Å²) in [4.78, 5) is 53.0. The standard InChI is InChI=1S/C34H29N5O7/c1-34(2)45-26-24(18-43-33(42)23-16-10-5-11-17-23)44-32(27(26)46-34)39-19-35-25-28(39)36-20-38(31(41)22-14-8-4-9-15-22)29(25)37-30(40)21-12-6-3-7-13-21/h3-17,19-20,24,26-27,32H,18H2,1-2H3/t24-,26-,27+,32-/m0/s1. The van der Waals surface area contributed by atoms with Crippen LogP contribution in [0.25, 0.3) is 11.2 Å². The Hall–Kier alpha value is -5.30. The molecule has 0 unspecified atom stereocenters. The molecule has 0 spiro atoms. The third-order valence-electron chi connectivity index (χ3n) is 7.76. The summed E-state index contributed by atoms with van der Waals surface area (Å²) in [5, 5.41) is 0. The van der Waals surface area contributed by atoms with Gasteiger partial charge < -0.3 is 18.9 Å². The highest BCUT2D eigenvalue weighted by Gasteiger charge is 2.56. The van der Waals surface area contributed by atoms with Crippen LogP contribution in [-0.4, -0.2) is 67.6 Å². The summed E-state index contributed by atoms with van der Waals surface area (Å²) in [7, 11) is 0. The van der Waals surface area contributed by atoms with Crippen LogP contribution >= 0.6 is 0 Å². The molecule has 0 saturated carbocycles. The van der Waals surface area contributed by atoms with Gasteiger partial charge in [-0.3, -0.25) is 14.2 Å². The van der Waals surface area contributed by atoms with Gasteiger partial charge in [0.1, 0.15) is 31.2 Å². The van der Waals surface area contributed by atoms with Crippen molar-refractivity contribution in [3.8, 4) is 0 Å². The molecule has 0 aliphatic carbocycles. The zero-order chi connectivity index (χ0) is 31.8. The summed E-state index contributed by atoms with van der Waals surface area (Å²) < 4.78 is 27.3. The number of benzene rings is 3. The van der Waals surface area contributed by atoms with E-state index in [1.807, 2.05) is 6.07 Å². The van der Waals surface area contributed by atoms with E-state index < -0.39 is 48.1 Å². The molecule has 4 atom stereocenters. The van der Waals surface area contributed by atoms with E-state index >= 15 is 0 Å². The van der Waals surface area contributed by atoms with Crippen molar-refractivity contribution in [2.24, 2.45) is 4.99 Å². The van der Waals surface area contributed by atoms with Crippen molar-refractivity contribution in [3.05, 3.63) is 126 Å². The Morgan fingerprint density at radius 3 is 2.09 bits per heavy atom. The first kappa shape index (κ1) is 29.4. The van der Waals surface area contributed by atoms with Gasteiger partial charge in [-0.2, -0.15) is 4.99 Å². The molecule has 0 N–H and O–H groups in total. The molecule has 12 nitrogen and oxygen atoms in total. The maximum absolute atomic E-state index is 13.6. The number of nitrogens with zero attached hydrogens (tertiary/aromatic N) is 5. The maximum Gasteiger partial charge on any atom is 0.338 e. The van der Waals surface area contributed by atoms with Crippen molar-refractivity contribution in [3.63, 3.8) is 0 Å². The first-order chi connectivity index (χ1) is 22.3. The predicted octanol–water partition coefficient (Wildman–Crippen LogP) is 3.94. The summed E-state index contributed by atoms with van der Waals surface area (Å²) >= 11 is 0. The van der Waals surface area contributed by atoms with Gasteiger partial charge in [0.25, 0.3) is 11.8 Å². The number of esters is 1. The molecule has 0 bridgehead atoms. The third kappa shape index (κ3) is 5.53. The molecule has 5 aromatic rings. The fourth-order valence-corrected chi connectivity index (χ4v) is 5.66. The summed E-state index contributed by atoms with van der Waals surface area (Å²) in [5.41, 5.74) is 1.66. The Morgan fingerprint density at radius 2 is 1.41 bits per heavy atom. The molecule has 3 aromatic carbocycles. The number of carbonyl (C=O) groups is 3. The smallest absolute Gasteiger partial charge is 0.338 e. The van der Waals surface area contributed by atoms with Crippen molar-refractivity contribution in [1.29, 1.82) is 0 Å². The molecule has 2 aliphatic rings. The Bertz CT molecular complexity index is 1990. The van der Waals surface area contributed by atoms with Gasteiger partial charge >= 0.3 is 5.97 Å². The van der Waals surface area contributed by atoms with Crippen LogP contribution in [0.5, 0.6) is 0 Å². The molecule has 1 amide bonds. The van der Waals surface area contributed by atoms with Gasteiger partial charge in [-0.1, -0.05) is 54.6 Å². The van der Waals surface area contributed by atoms with Gasteiger partial charge in [0.15, 0.2) is 28.7 Å². The number of hydrogen-bond donors (Lipinski definition) is 0. The molecule has 12 heteroatoms. The maximum atomic E-state index is 13.6. The molecule has 2 fully saturated rings. The van der Waals surface area contributed by atoms with Gasteiger partial charge in [0.05, 0.1) is 11.9 Å². The van der Waals surface area contributed by atoms with E-state index in [0.29, 0.717) is 22.3 Å². The number of carbonyl (C=O) groups excluding carboxylic acids is 3. The van der Waals surface area contributed by atoms with Gasteiger partial charge in [-0.15, -0.1) is 0 Å². The van der Waals surface area contributed by atoms with E-state index in [1.54, 1.807) is 103 Å². The number of hydrogen-bond acceptors (Lipinski definition) is 9. The summed E-state index contributed by atoms with van der Waals surface area (Å²) in [5.74, 6) is -2.41. The number of ether oxygens (including phenoxy) is 4. The Balaban J connectivity index is 1.27. The van der Waals surface area contributed by atoms with Gasteiger partial charge in [-0.25, -0.2) is 19.3 Å². The zero-order valence-corrected chi connectivity index (χ0v) is 24.9. The first-order valence-electron chi connectivity index (χ1n) is 14.7. The SMILES string of the molecule is CC1(C)O[C@@H]2[C@@H](O1)[C@@H](n1cnc3c(=NC(=O)c4ccccc4)n(C(=O)c4ccccc4)cnc31)O[C@H]2COC(=O)c1ccccc1. The number of rotatable bonds is 6. The highest BCUT2D eigenvalue weighted by molar-refractivity contribution is 5.98. The minimum absolute atomic E-state index is 0.0123. The molecule has 2 aromatic heterocycles. The monoisotopic (exact) mass is 619 g/mol. The van der Waals surface area contributed by atoms with Crippen molar-refractivity contribution in [1.82, 2.24) is 19.1 Å². The van der Waals surface area contributed by atoms with Crippen LogP contribution in [0.3, 0.4) is 0 Å². The molecular formula is C34H29N5O7. The third-order valence-corrected chi connectivity index (χ3v) is 7.76. The Labute approximate surface area is 262 Å². The molecule has 2 saturated heterocycles. The summed E-state index contributed by atoms with van der Waals surface area (Å²) in [6.45, 7) is 3.51. The minimum Gasteiger partial charge on any atom is -0.459 e. The summed E-state index contributed by atoms with van der Waals surface area (Å²) in [6, 6.07) is 25.8. The van der Waals surface area contributed by atoms with Crippen molar-refractivity contribution < 1.29 is 33.3 Å². The molecular weight excluding hydrogens is 590 g/mol. The highest BCUT2D eigenvalue weighted by Crippen LogP contribution is 2.43. The van der Waals surface area contributed by atoms with Crippen molar-refractivity contribution in [2.45, 2.75) is 44.2 Å². The van der Waals surface area contributed by atoms with Crippen LogP contribution < -0.4 is 5.49 Å². The van der Waals surface area contributed by atoms with Crippen LogP contribution in [0, 0.1) is 0 Å². The normalized spacial score (nSPS) is 22.1. The summed E-state index contributed by atoms with van der Waals surface area (Å²) in [6.07, 6.45) is 0.170. The molecule has 46 heavy (non-hydrogen) atoms. The number of aromatic nitrogens is 4. The van der Waals surface area contributed by atoms with Crippen LogP contribution in [0.1, 0.15) is 51.1 Å². The van der Waals surface area contributed by atoms with Crippen LogP contribution in [0.15, 0.2) is 109 Å². The lowest BCUT2D eigenvalue weighted by molar-refractivity contribution is -0.199. The van der Waals surface area contributed by atoms with Gasteiger partial charge in [-0.05, 0) is 50.2 Å². The molecule has 0 radical (unpaired) electrons. The van der Waals surface area contributed by atoms with E-state index in [-0.39, 0.29) is 17.6 Å². The molecule has 7 rings (SSSR count). The number of fused-ring (bicyclic) bond motifs is 2. The first-order valence-corrected chi connectivity index (χ1v) is 14.7. The van der Waals surface area contributed by atoms with Gasteiger partial charge in [0, 0.05) is 11.1 Å². The van der Waals surface area contributed by atoms with E-state index in [4.69, 9.17) is 18.9 Å². The Kier molecular flexibility index (Phi) is 7.61. The lowest BCUT2D eigenvalue weighted by Crippen LogP contribution is -2.33. The van der Waals surface area contributed by atoms with Crippen LogP contribution in [0.4, 0.5) is 0 Å². The van der Waals surface area contributed by atoms with E-state index in [9.17, 15) is 14.4 Å². The second-order valence-electron chi connectivity index (χ2n) is 11.3. The van der Waals surface area contributed by atoms with E-state index in [0.717, 1.165) is 0 Å². The minimum atomic E-state index is -0.934. The predicted molar refractivity (Wildman–Crippen MR) is 162 cm³/mol. The molecule has 4 heterocycles. The van der Waals surface area contributed by atoms with Gasteiger partial charge in [0.2, 0.25) is 0 Å². The molecule has 232 valence electrons. The zero-order valence-electron chi connectivity index (χ0n) is 24.9. The number of amides is 1. The van der Waals surface area contributed by atoms with E-state index in [2.05, 4.69) is 15.0 Å². The fraction of sp³-hybridized carbons (Fsp3) is 0.235. The lowest BCUT2D eigenvalue weighted by atomic mass is 10.1. The van der Waals surface area contributed by atoms with Crippen LogP contribution in [0.2, 0.25) is 0 Å². The second-order valence-corrected chi connectivity index (χ2v) is 11.3. The van der Waals surface area contributed by atoms with E-state index in [1.165, 1.54) is 17.2 Å². The quantitative estimate of drug-likeness (QED) is 0.259. The van der Waals surface area contributed by atoms with Crippen LogP contribution in [-0.2, 0) is 18.9 Å². The fourth-order valence-electron chi connectivity index (χ4n) is 5.66. The largest absolute Gasteiger partial charge is 0.459 e. The number of imidazole rings is 1. The molecule has 2 aliphatic heterocycles. The lowest BCUT2D eigenvalue weighted by Gasteiger charge is -2.24. The van der Waals surface area contributed by atoms with Crippen molar-refractivity contribution in [2.75, 3.05) is 6.61 Å². The second kappa shape index (κ2) is 11.9. The van der Waals surface area contributed by atoms with Crippen molar-refractivity contribution >= 4 is 28.9 Å². The average Bonchev–Trinajstić information content (AvgIpc) is 3.75. The average molecular weight is 620 g/mol. The topological polar surface area (TPSA) is 136 Å². The Morgan fingerprint density at radius 1 is 0.804 bits per heavy atom. The highest BCUT2D eigenvalue weighted by atomic mass is 16.8.